The SMILES string of the molecule is CCN(CC)[C@H]1CCNC[C@@H]1F. The van der Waals surface area contributed by atoms with Crippen molar-refractivity contribution >= 4 is 0 Å². The molecular weight excluding hydrogens is 155 g/mol. The van der Waals surface area contributed by atoms with E-state index in [1.165, 1.54) is 0 Å². The van der Waals surface area contributed by atoms with Crippen LogP contribution >= 0.6 is 0 Å². The van der Waals surface area contributed by atoms with E-state index >= 15 is 0 Å². The molecular formula is C9H19FN2. The second kappa shape index (κ2) is 4.77. The standard InChI is InChI=1S/C9H19FN2/c1-3-12(4-2)9-5-6-11-7-8(9)10/h8-9,11H,3-7H2,1-2H3/t8-,9-/m0/s1. The largest absolute Gasteiger partial charge is 0.314 e. The second-order valence-corrected chi connectivity index (χ2v) is 3.30. The summed E-state index contributed by atoms with van der Waals surface area (Å²) in [4.78, 5) is 2.21. The van der Waals surface area contributed by atoms with Gasteiger partial charge in [0.25, 0.3) is 0 Å². The number of hydrogen-bond acceptors (Lipinski definition) is 2. The van der Waals surface area contributed by atoms with E-state index in [2.05, 4.69) is 24.1 Å². The number of nitrogens with one attached hydrogen (secondary N) is 1. The molecule has 0 bridgehead atoms. The van der Waals surface area contributed by atoms with Crippen molar-refractivity contribution in [3.8, 4) is 0 Å². The Hall–Kier alpha value is -0.150. The predicted molar refractivity (Wildman–Crippen MR) is 49.1 cm³/mol. The van der Waals surface area contributed by atoms with Crippen LogP contribution < -0.4 is 5.32 Å². The molecule has 0 unspecified atom stereocenters. The van der Waals surface area contributed by atoms with Crippen LogP contribution in [0.4, 0.5) is 4.39 Å². The van der Waals surface area contributed by atoms with Crippen molar-refractivity contribution in [2.75, 3.05) is 26.2 Å². The quantitative estimate of drug-likeness (QED) is 0.687. The highest BCUT2D eigenvalue weighted by atomic mass is 19.1. The summed E-state index contributed by atoms with van der Waals surface area (Å²) in [7, 11) is 0. The zero-order chi connectivity index (χ0) is 8.97. The molecule has 0 spiro atoms. The van der Waals surface area contributed by atoms with Crippen molar-refractivity contribution in [1.29, 1.82) is 0 Å². The number of halogens is 1. The number of piperidine rings is 1. The predicted octanol–water partition coefficient (Wildman–Crippen LogP) is 1.03. The van der Waals surface area contributed by atoms with Crippen molar-refractivity contribution in [3.05, 3.63) is 0 Å². The first kappa shape index (κ1) is 9.93. The molecule has 0 amide bonds. The first-order valence-electron chi connectivity index (χ1n) is 4.88. The third-order valence-electron chi connectivity index (χ3n) is 2.66. The molecule has 0 aromatic heterocycles. The minimum atomic E-state index is -0.682. The highest BCUT2D eigenvalue weighted by Crippen LogP contribution is 2.14. The summed E-state index contributed by atoms with van der Waals surface area (Å²) < 4.78 is 13.4. The lowest BCUT2D eigenvalue weighted by atomic mass is 10.0. The fraction of sp³-hybridized carbons (Fsp3) is 1.00. The monoisotopic (exact) mass is 174 g/mol. The van der Waals surface area contributed by atoms with Gasteiger partial charge in [0.2, 0.25) is 0 Å². The van der Waals surface area contributed by atoms with Crippen molar-refractivity contribution < 1.29 is 4.39 Å². The van der Waals surface area contributed by atoms with Gasteiger partial charge in [0.05, 0.1) is 0 Å². The summed E-state index contributed by atoms with van der Waals surface area (Å²) in [5.41, 5.74) is 0. The molecule has 2 atom stereocenters. The molecule has 3 heteroatoms. The summed E-state index contributed by atoms with van der Waals surface area (Å²) in [6.07, 6.45) is 0.265. The van der Waals surface area contributed by atoms with E-state index in [4.69, 9.17) is 0 Å². The lowest BCUT2D eigenvalue weighted by molar-refractivity contribution is 0.0930. The molecule has 1 aliphatic rings. The molecule has 0 aliphatic carbocycles. The van der Waals surface area contributed by atoms with Crippen LogP contribution in [0.1, 0.15) is 20.3 Å². The Morgan fingerprint density at radius 1 is 1.42 bits per heavy atom. The second-order valence-electron chi connectivity index (χ2n) is 3.30. The molecule has 1 N–H and O–H groups in total. The average molecular weight is 174 g/mol. The maximum absolute atomic E-state index is 13.4. The Morgan fingerprint density at radius 3 is 2.58 bits per heavy atom. The lowest BCUT2D eigenvalue weighted by Crippen LogP contribution is -2.50. The molecule has 72 valence electrons. The Kier molecular flexibility index (Phi) is 3.95. The minimum absolute atomic E-state index is 0.154. The van der Waals surface area contributed by atoms with Crippen LogP contribution in [0.2, 0.25) is 0 Å². The normalized spacial score (nSPS) is 31.0. The first-order valence-corrected chi connectivity index (χ1v) is 4.88. The fourth-order valence-corrected chi connectivity index (χ4v) is 1.91. The molecule has 0 radical (unpaired) electrons. The molecule has 2 nitrogen and oxygen atoms in total. The first-order chi connectivity index (χ1) is 5.79. The molecule has 1 fully saturated rings. The zero-order valence-corrected chi connectivity index (χ0v) is 8.02. The van der Waals surface area contributed by atoms with Crippen molar-refractivity contribution in [1.82, 2.24) is 10.2 Å². The number of rotatable bonds is 3. The van der Waals surface area contributed by atoms with E-state index in [1.54, 1.807) is 0 Å². The van der Waals surface area contributed by atoms with Gasteiger partial charge in [-0.25, -0.2) is 4.39 Å². The maximum Gasteiger partial charge on any atom is 0.128 e. The van der Waals surface area contributed by atoms with Gasteiger partial charge in [0, 0.05) is 12.6 Å². The lowest BCUT2D eigenvalue weighted by Gasteiger charge is -2.35. The number of nitrogens with zero attached hydrogens (tertiary/aromatic N) is 1. The third-order valence-corrected chi connectivity index (χ3v) is 2.66. The molecule has 1 rings (SSSR count). The molecule has 0 aromatic carbocycles. The van der Waals surface area contributed by atoms with Crippen LogP contribution in [-0.4, -0.2) is 43.3 Å². The number of alkyl halides is 1. The average Bonchev–Trinajstić information content (AvgIpc) is 2.10. The molecule has 0 aromatic rings. The van der Waals surface area contributed by atoms with Crippen LogP contribution in [0.25, 0.3) is 0 Å². The number of hydrogen-bond donors (Lipinski definition) is 1. The summed E-state index contributed by atoms with van der Waals surface area (Å²) in [6, 6.07) is 0.154. The summed E-state index contributed by atoms with van der Waals surface area (Å²) in [5.74, 6) is 0. The molecule has 1 aliphatic heterocycles. The zero-order valence-electron chi connectivity index (χ0n) is 8.02. The van der Waals surface area contributed by atoms with Gasteiger partial charge in [-0.2, -0.15) is 0 Å². The maximum atomic E-state index is 13.4. The Morgan fingerprint density at radius 2 is 2.08 bits per heavy atom. The molecule has 1 saturated heterocycles. The van der Waals surface area contributed by atoms with Gasteiger partial charge in [-0.05, 0) is 26.1 Å². The van der Waals surface area contributed by atoms with Crippen LogP contribution in [0, 0.1) is 0 Å². The Labute approximate surface area is 74.1 Å². The fourth-order valence-electron chi connectivity index (χ4n) is 1.91. The molecule has 12 heavy (non-hydrogen) atoms. The van der Waals surface area contributed by atoms with Gasteiger partial charge in [-0.15, -0.1) is 0 Å². The van der Waals surface area contributed by atoms with Crippen molar-refractivity contribution in [2.45, 2.75) is 32.5 Å². The Balaban J connectivity index is 2.45. The van der Waals surface area contributed by atoms with Gasteiger partial charge < -0.3 is 5.32 Å². The van der Waals surface area contributed by atoms with E-state index in [1.807, 2.05) is 0 Å². The van der Waals surface area contributed by atoms with Crippen LogP contribution in [0.15, 0.2) is 0 Å². The van der Waals surface area contributed by atoms with Gasteiger partial charge in [-0.1, -0.05) is 13.8 Å². The van der Waals surface area contributed by atoms with Crippen LogP contribution in [0.5, 0.6) is 0 Å². The van der Waals surface area contributed by atoms with E-state index in [9.17, 15) is 4.39 Å². The van der Waals surface area contributed by atoms with E-state index in [0.717, 1.165) is 26.1 Å². The molecule has 1 heterocycles. The van der Waals surface area contributed by atoms with Crippen molar-refractivity contribution in [3.63, 3.8) is 0 Å². The van der Waals surface area contributed by atoms with Gasteiger partial charge in [0.1, 0.15) is 6.17 Å². The minimum Gasteiger partial charge on any atom is -0.314 e. The highest BCUT2D eigenvalue weighted by Gasteiger charge is 2.27. The third kappa shape index (κ3) is 2.17. The highest BCUT2D eigenvalue weighted by molar-refractivity contribution is 4.84. The smallest absolute Gasteiger partial charge is 0.128 e. The molecule has 0 saturated carbocycles. The van der Waals surface area contributed by atoms with Gasteiger partial charge in [0.15, 0.2) is 0 Å². The van der Waals surface area contributed by atoms with Crippen molar-refractivity contribution in [2.24, 2.45) is 0 Å². The summed E-state index contributed by atoms with van der Waals surface area (Å²) in [6.45, 7) is 7.60. The van der Waals surface area contributed by atoms with Crippen LogP contribution in [-0.2, 0) is 0 Å². The summed E-state index contributed by atoms with van der Waals surface area (Å²) >= 11 is 0. The van der Waals surface area contributed by atoms with E-state index in [-0.39, 0.29) is 6.04 Å². The summed E-state index contributed by atoms with van der Waals surface area (Å²) in [5, 5.41) is 3.07. The van der Waals surface area contributed by atoms with E-state index < -0.39 is 6.17 Å². The van der Waals surface area contributed by atoms with Gasteiger partial charge >= 0.3 is 0 Å². The van der Waals surface area contributed by atoms with Gasteiger partial charge in [-0.3, -0.25) is 4.90 Å². The van der Waals surface area contributed by atoms with E-state index in [0.29, 0.717) is 6.54 Å². The van der Waals surface area contributed by atoms with Crippen LogP contribution in [0.3, 0.4) is 0 Å². The Bertz CT molecular complexity index is 126. The topological polar surface area (TPSA) is 15.3 Å².